The van der Waals surface area contributed by atoms with Crippen molar-refractivity contribution in [2.24, 2.45) is 0 Å². The molecule has 2 aromatic carbocycles. The minimum Gasteiger partial charge on any atom is -0.260 e. The molecule has 2 atom stereocenters. The number of pyridine rings is 4. The van der Waals surface area contributed by atoms with Crippen molar-refractivity contribution < 1.29 is 19.8 Å². The van der Waals surface area contributed by atoms with Crippen molar-refractivity contribution in [3.8, 4) is 0 Å². The second kappa shape index (κ2) is 11.4. The predicted molar refractivity (Wildman–Crippen MR) is 150 cm³/mol. The summed E-state index contributed by atoms with van der Waals surface area (Å²) in [7, 11) is 0. The number of hydrogen-bond acceptors (Lipinski definition) is 4. The van der Waals surface area contributed by atoms with Crippen LogP contribution in [0.3, 0.4) is 0 Å². The van der Waals surface area contributed by atoms with E-state index < -0.39 is 0 Å². The summed E-state index contributed by atoms with van der Waals surface area (Å²) >= 11 is 0. The van der Waals surface area contributed by atoms with Gasteiger partial charge in [0.05, 0.1) is 45.8 Å². The van der Waals surface area contributed by atoms with E-state index in [9.17, 15) is 0 Å². The first-order valence-corrected chi connectivity index (χ1v) is 13.1. The van der Waals surface area contributed by atoms with Crippen LogP contribution in [0.5, 0.6) is 0 Å². The van der Waals surface area contributed by atoms with Crippen molar-refractivity contribution in [1.82, 2.24) is 19.9 Å². The van der Waals surface area contributed by atoms with Gasteiger partial charge in [-0.05, 0) is 48.5 Å². The van der Waals surface area contributed by atoms with Gasteiger partial charge in [0.25, 0.3) is 0 Å². The third kappa shape index (κ3) is 4.90. The summed E-state index contributed by atoms with van der Waals surface area (Å²) in [6.07, 6.45) is 1.83. The fourth-order valence-electron chi connectivity index (χ4n) is 5.49. The molecular formula is C35H24N4Os. The second-order valence-electron chi connectivity index (χ2n) is 9.65. The molecule has 6 aromatic rings. The van der Waals surface area contributed by atoms with Crippen molar-refractivity contribution in [3.05, 3.63) is 191 Å². The topological polar surface area (TPSA) is 51.6 Å². The molecule has 5 heteroatoms. The van der Waals surface area contributed by atoms with Crippen LogP contribution in [-0.2, 0) is 19.8 Å². The Hall–Kier alpha value is -4.32. The van der Waals surface area contributed by atoms with Gasteiger partial charge in [-0.25, -0.2) is 0 Å². The maximum Gasteiger partial charge on any atom is 2.00 e. The van der Waals surface area contributed by atoms with Crippen LogP contribution in [0.4, 0.5) is 0 Å². The van der Waals surface area contributed by atoms with Gasteiger partial charge in [0.15, 0.2) is 0 Å². The molecule has 0 radical (unpaired) electrons. The Morgan fingerprint density at radius 2 is 0.800 bits per heavy atom. The van der Waals surface area contributed by atoms with Crippen LogP contribution in [-0.4, -0.2) is 19.9 Å². The number of rotatable bonds is 3. The molecule has 0 saturated carbocycles. The summed E-state index contributed by atoms with van der Waals surface area (Å²) in [4.78, 5) is 20.5. The number of aromatic nitrogens is 4. The number of nitrogens with zero attached hydrogens (tertiary/aromatic N) is 4. The van der Waals surface area contributed by atoms with Gasteiger partial charge in [-0.2, -0.15) is 60.7 Å². The molecule has 1 aliphatic heterocycles. The minimum absolute atomic E-state index is 0. The van der Waals surface area contributed by atoms with Crippen molar-refractivity contribution in [3.63, 3.8) is 0 Å². The van der Waals surface area contributed by atoms with Crippen LogP contribution < -0.4 is 0 Å². The molecule has 40 heavy (non-hydrogen) atoms. The Balaban J connectivity index is 0.00000289. The molecule has 0 amide bonds. The standard InChI is InChI=1S/C35H24N4.Os/c1-3-12-24(13-4-1)33-27-17-9-18-28(37-27)34(25-14-5-2-6-15-25)30-20-11-22-32(39-30)35(26-16-7-8-23-36-26)31-21-10-19-29(33)38-31;/h1-12,14,16-23,33-35H;/q-2;+2. The zero-order valence-corrected chi connectivity index (χ0v) is 24.0. The van der Waals surface area contributed by atoms with Gasteiger partial charge in [0.1, 0.15) is 0 Å². The zero-order valence-electron chi connectivity index (χ0n) is 21.5. The van der Waals surface area contributed by atoms with Gasteiger partial charge >= 0.3 is 19.8 Å². The molecule has 1 aliphatic rings. The fraction of sp³-hybridized carbons (Fsp3) is 0.0857. The average Bonchev–Trinajstić information content (AvgIpc) is 3.00. The van der Waals surface area contributed by atoms with Crippen molar-refractivity contribution in [2.45, 2.75) is 17.8 Å². The van der Waals surface area contributed by atoms with Crippen LogP contribution >= 0.6 is 0 Å². The normalized spacial score (nSPS) is 17.6. The number of benzene rings is 2. The number of hydrogen-bond donors (Lipinski definition) is 0. The van der Waals surface area contributed by atoms with Crippen molar-refractivity contribution in [2.75, 3.05) is 0 Å². The summed E-state index contributed by atoms with van der Waals surface area (Å²) in [5, 5.41) is 0. The largest absolute Gasteiger partial charge is 2.00 e. The van der Waals surface area contributed by atoms with Gasteiger partial charge in [-0.3, -0.25) is 19.9 Å². The molecule has 192 valence electrons. The maximum atomic E-state index is 5.27. The van der Waals surface area contributed by atoms with E-state index in [-0.39, 0.29) is 37.5 Å². The molecule has 0 saturated heterocycles. The molecule has 0 fully saturated rings. The smallest absolute Gasteiger partial charge is 0.260 e. The molecule has 2 unspecified atom stereocenters. The minimum atomic E-state index is -0.224. The Labute approximate surface area is 247 Å². The zero-order chi connectivity index (χ0) is 26.0. The van der Waals surface area contributed by atoms with E-state index >= 15 is 0 Å². The summed E-state index contributed by atoms with van der Waals surface area (Å²) < 4.78 is 0. The van der Waals surface area contributed by atoms with Crippen LogP contribution in [0.25, 0.3) is 0 Å². The summed E-state index contributed by atoms with van der Waals surface area (Å²) in [6.45, 7) is 0. The van der Waals surface area contributed by atoms with E-state index in [1.54, 1.807) is 0 Å². The van der Waals surface area contributed by atoms with E-state index in [2.05, 4.69) is 78.9 Å². The molecule has 0 aliphatic carbocycles. The Morgan fingerprint density at radius 3 is 1.18 bits per heavy atom. The molecule has 4 aromatic heterocycles. The first-order chi connectivity index (χ1) is 19.3. The van der Waals surface area contributed by atoms with Gasteiger partial charge in [-0.15, -0.1) is 11.1 Å². The van der Waals surface area contributed by atoms with Gasteiger partial charge in [-0.1, -0.05) is 24.3 Å². The average molecular weight is 691 g/mol. The van der Waals surface area contributed by atoms with Crippen LogP contribution in [0.1, 0.15) is 68.7 Å². The van der Waals surface area contributed by atoms with Crippen LogP contribution in [0, 0.1) is 12.1 Å². The molecule has 4 nitrogen and oxygen atoms in total. The molecule has 5 heterocycles. The second-order valence-corrected chi connectivity index (χ2v) is 9.65. The fourth-order valence-corrected chi connectivity index (χ4v) is 5.49. The quantitative estimate of drug-likeness (QED) is 0.193. The Morgan fingerprint density at radius 1 is 0.400 bits per heavy atom. The Bertz CT molecular complexity index is 1460. The first kappa shape index (κ1) is 25.9. The van der Waals surface area contributed by atoms with Crippen molar-refractivity contribution >= 4 is 0 Å². The molecule has 6 bridgehead atoms. The van der Waals surface area contributed by atoms with Crippen LogP contribution in [0.15, 0.2) is 128 Å². The molecule has 7 rings (SSSR count). The molecular weight excluding hydrogens is 667 g/mol. The van der Waals surface area contributed by atoms with Gasteiger partial charge < -0.3 is 0 Å². The summed E-state index contributed by atoms with van der Waals surface area (Å²) in [5.41, 5.74) is 8.44. The monoisotopic (exact) mass is 692 g/mol. The summed E-state index contributed by atoms with van der Waals surface area (Å²) in [6, 6.07) is 47.8. The van der Waals surface area contributed by atoms with Crippen LogP contribution in [0.2, 0.25) is 0 Å². The predicted octanol–water partition coefficient (Wildman–Crippen LogP) is 6.72. The SMILES string of the molecule is [Os+2].[c-]1ccccc1C1c2cccc(n2)C(c2[c-]cccc2)c2cccc(n2)C(c2ccccn2)c2cccc1n2. The number of fused-ring (bicyclic) bond motifs is 6. The third-order valence-electron chi connectivity index (χ3n) is 7.22. The molecule has 0 N–H and O–H groups in total. The van der Waals surface area contributed by atoms with E-state index in [1.165, 1.54) is 0 Å². The van der Waals surface area contributed by atoms with E-state index in [0.717, 1.165) is 51.0 Å². The van der Waals surface area contributed by atoms with Gasteiger partial charge in [0, 0.05) is 18.0 Å². The Kier molecular flexibility index (Phi) is 7.40. The summed E-state index contributed by atoms with van der Waals surface area (Å²) in [5.74, 6) is -0.583. The van der Waals surface area contributed by atoms with E-state index in [4.69, 9.17) is 19.9 Å². The third-order valence-corrected chi connectivity index (χ3v) is 7.22. The van der Waals surface area contributed by atoms with Gasteiger partial charge in [0.2, 0.25) is 0 Å². The van der Waals surface area contributed by atoms with E-state index in [1.807, 2.05) is 60.8 Å². The molecule has 0 spiro atoms. The van der Waals surface area contributed by atoms with E-state index in [0.29, 0.717) is 0 Å². The van der Waals surface area contributed by atoms with Crippen molar-refractivity contribution in [1.29, 1.82) is 0 Å². The maximum absolute atomic E-state index is 5.27. The first-order valence-electron chi connectivity index (χ1n) is 13.1.